The van der Waals surface area contributed by atoms with Crippen LogP contribution in [0.25, 0.3) is 0 Å². The van der Waals surface area contributed by atoms with Crippen molar-refractivity contribution in [1.29, 1.82) is 0 Å². The molecule has 0 saturated heterocycles. The molecule has 0 aromatic carbocycles. The Morgan fingerprint density at radius 3 is 2.88 bits per heavy atom. The number of amides is 1. The van der Waals surface area contributed by atoms with Gasteiger partial charge in [0.2, 0.25) is 0 Å². The fraction of sp³-hybridized carbons (Fsp3) is 0.364. The lowest BCUT2D eigenvalue weighted by molar-refractivity contribution is -0.144. The van der Waals surface area contributed by atoms with E-state index >= 15 is 0 Å². The molecule has 0 bridgehead atoms. The van der Waals surface area contributed by atoms with Crippen molar-refractivity contribution in [3.8, 4) is 0 Å². The van der Waals surface area contributed by atoms with E-state index < -0.39 is 12.0 Å². The summed E-state index contributed by atoms with van der Waals surface area (Å²) in [5, 5.41) is 2.55. The summed E-state index contributed by atoms with van der Waals surface area (Å²) in [6, 6.07) is 2.47. The Morgan fingerprint density at radius 2 is 2.29 bits per heavy atom. The highest BCUT2D eigenvalue weighted by Crippen LogP contribution is 2.08. The fourth-order valence-corrected chi connectivity index (χ4v) is 1.51. The van der Waals surface area contributed by atoms with Crippen molar-refractivity contribution in [3.05, 3.63) is 28.5 Å². The highest BCUT2D eigenvalue weighted by Gasteiger charge is 2.17. The highest BCUT2D eigenvalue weighted by atomic mass is 79.9. The number of nitrogens with zero attached hydrogens (tertiary/aromatic N) is 1. The molecule has 5 nitrogen and oxygen atoms in total. The van der Waals surface area contributed by atoms with Gasteiger partial charge in [-0.2, -0.15) is 0 Å². The first-order chi connectivity index (χ1) is 8.04. The van der Waals surface area contributed by atoms with Crippen LogP contribution in [0.4, 0.5) is 0 Å². The number of carbonyl (C=O) groups excluding carboxylic acids is 2. The molecule has 0 fully saturated rings. The van der Waals surface area contributed by atoms with Crippen molar-refractivity contribution in [2.75, 3.05) is 6.61 Å². The minimum atomic E-state index is -0.672. The maximum Gasteiger partial charge on any atom is 0.328 e. The number of aromatic nitrogens is 1. The average Bonchev–Trinajstić information content (AvgIpc) is 2.29. The van der Waals surface area contributed by atoms with E-state index in [1.54, 1.807) is 26.0 Å². The van der Waals surface area contributed by atoms with Crippen molar-refractivity contribution in [1.82, 2.24) is 10.3 Å². The van der Waals surface area contributed by atoms with Gasteiger partial charge in [0.15, 0.2) is 0 Å². The van der Waals surface area contributed by atoms with Gasteiger partial charge < -0.3 is 10.1 Å². The molecule has 0 radical (unpaired) electrons. The zero-order valence-corrected chi connectivity index (χ0v) is 11.2. The zero-order chi connectivity index (χ0) is 12.8. The van der Waals surface area contributed by atoms with Crippen LogP contribution in [0, 0.1) is 0 Å². The third-order valence-corrected chi connectivity index (χ3v) is 2.41. The highest BCUT2D eigenvalue weighted by molar-refractivity contribution is 9.10. The van der Waals surface area contributed by atoms with E-state index in [9.17, 15) is 9.59 Å². The third-order valence-electron chi connectivity index (χ3n) is 1.98. The molecule has 0 aliphatic carbocycles. The summed E-state index contributed by atoms with van der Waals surface area (Å²) in [5.74, 6) is -0.789. The van der Waals surface area contributed by atoms with Crippen LogP contribution in [0.3, 0.4) is 0 Å². The molecule has 0 aliphatic heterocycles. The number of hydrogen-bond donors (Lipinski definition) is 1. The average molecular weight is 301 g/mol. The summed E-state index contributed by atoms with van der Waals surface area (Å²) >= 11 is 3.17. The Bertz CT molecular complexity index is 423. The van der Waals surface area contributed by atoms with Gasteiger partial charge in [-0.3, -0.25) is 4.79 Å². The van der Waals surface area contributed by atoms with Crippen LogP contribution in [-0.2, 0) is 9.53 Å². The summed E-state index contributed by atoms with van der Waals surface area (Å²) in [6.45, 7) is 3.58. The van der Waals surface area contributed by atoms with E-state index in [1.807, 2.05) is 0 Å². The normalized spacial score (nSPS) is 11.7. The number of nitrogens with one attached hydrogen (secondary N) is 1. The Hall–Kier alpha value is -1.43. The maximum atomic E-state index is 11.7. The number of carbonyl (C=O) groups is 2. The quantitative estimate of drug-likeness (QED) is 0.676. The Kier molecular flexibility index (Phi) is 5.09. The first-order valence-electron chi connectivity index (χ1n) is 5.13. The van der Waals surface area contributed by atoms with E-state index in [4.69, 9.17) is 4.74 Å². The molecular formula is C11H13BrN2O3. The Morgan fingerprint density at radius 1 is 1.59 bits per heavy atom. The van der Waals surface area contributed by atoms with Crippen LogP contribution in [0.5, 0.6) is 0 Å². The van der Waals surface area contributed by atoms with Gasteiger partial charge in [0.1, 0.15) is 10.6 Å². The Balaban J connectivity index is 2.63. The molecule has 92 valence electrons. The topological polar surface area (TPSA) is 68.3 Å². The fourth-order valence-electron chi connectivity index (χ4n) is 1.15. The summed E-state index contributed by atoms with van der Waals surface area (Å²) in [5.41, 5.74) is 0.433. The SMILES string of the molecule is CCOC(=O)C(C)NC(=O)c1ccnc(Br)c1. The molecule has 6 heteroatoms. The molecule has 1 aromatic rings. The van der Waals surface area contributed by atoms with Gasteiger partial charge in [-0.1, -0.05) is 0 Å². The molecule has 1 rings (SSSR count). The lowest BCUT2D eigenvalue weighted by Gasteiger charge is -2.12. The van der Waals surface area contributed by atoms with Gasteiger partial charge >= 0.3 is 5.97 Å². The van der Waals surface area contributed by atoms with Crippen molar-refractivity contribution in [3.63, 3.8) is 0 Å². The van der Waals surface area contributed by atoms with Crippen LogP contribution < -0.4 is 5.32 Å². The summed E-state index contributed by atoms with van der Waals surface area (Å²) in [6.07, 6.45) is 1.51. The Labute approximate surface area is 108 Å². The molecule has 1 aromatic heterocycles. The van der Waals surface area contributed by atoms with Gasteiger partial charge in [0.05, 0.1) is 6.61 Å². The van der Waals surface area contributed by atoms with Crippen molar-refractivity contribution in [2.45, 2.75) is 19.9 Å². The van der Waals surface area contributed by atoms with Crippen LogP contribution in [-0.4, -0.2) is 29.5 Å². The molecule has 0 aliphatic rings. The van der Waals surface area contributed by atoms with Crippen molar-refractivity contribution in [2.24, 2.45) is 0 Å². The second-order valence-electron chi connectivity index (χ2n) is 3.31. The summed E-state index contributed by atoms with van der Waals surface area (Å²) < 4.78 is 5.35. The lowest BCUT2D eigenvalue weighted by atomic mass is 10.2. The number of ether oxygens (including phenoxy) is 1. The van der Waals surface area contributed by atoms with E-state index in [0.29, 0.717) is 16.8 Å². The first-order valence-corrected chi connectivity index (χ1v) is 5.93. The van der Waals surface area contributed by atoms with E-state index in [0.717, 1.165) is 0 Å². The largest absolute Gasteiger partial charge is 0.464 e. The molecule has 1 heterocycles. The number of pyridine rings is 1. The molecule has 17 heavy (non-hydrogen) atoms. The molecule has 0 spiro atoms. The maximum absolute atomic E-state index is 11.7. The predicted octanol–water partition coefficient (Wildman–Crippen LogP) is 1.53. The van der Waals surface area contributed by atoms with E-state index in [1.165, 1.54) is 6.20 Å². The van der Waals surface area contributed by atoms with Crippen molar-refractivity contribution >= 4 is 27.8 Å². The number of hydrogen-bond acceptors (Lipinski definition) is 4. The van der Waals surface area contributed by atoms with Gasteiger partial charge in [0, 0.05) is 11.8 Å². The molecular weight excluding hydrogens is 288 g/mol. The second-order valence-corrected chi connectivity index (χ2v) is 4.13. The predicted molar refractivity (Wildman–Crippen MR) is 65.5 cm³/mol. The van der Waals surface area contributed by atoms with Gasteiger partial charge in [-0.15, -0.1) is 0 Å². The standard InChI is InChI=1S/C11H13BrN2O3/c1-3-17-11(16)7(2)14-10(15)8-4-5-13-9(12)6-8/h4-7H,3H2,1-2H3,(H,14,15). The monoisotopic (exact) mass is 300 g/mol. The van der Waals surface area contributed by atoms with Crippen LogP contribution in [0.1, 0.15) is 24.2 Å². The second kappa shape index (κ2) is 6.34. The molecule has 1 atom stereocenters. The summed E-state index contributed by atoms with van der Waals surface area (Å²) in [7, 11) is 0. The lowest BCUT2D eigenvalue weighted by Crippen LogP contribution is -2.39. The van der Waals surface area contributed by atoms with E-state index in [2.05, 4.69) is 26.2 Å². The third kappa shape index (κ3) is 4.14. The van der Waals surface area contributed by atoms with Crippen LogP contribution >= 0.6 is 15.9 Å². The van der Waals surface area contributed by atoms with Gasteiger partial charge in [-0.25, -0.2) is 9.78 Å². The number of rotatable bonds is 4. The minimum Gasteiger partial charge on any atom is -0.464 e. The van der Waals surface area contributed by atoms with E-state index in [-0.39, 0.29) is 5.91 Å². The van der Waals surface area contributed by atoms with Gasteiger partial charge in [-0.05, 0) is 41.9 Å². The first kappa shape index (κ1) is 13.6. The molecule has 1 amide bonds. The molecule has 0 saturated carbocycles. The van der Waals surface area contributed by atoms with Crippen LogP contribution in [0.2, 0.25) is 0 Å². The van der Waals surface area contributed by atoms with Gasteiger partial charge in [0.25, 0.3) is 5.91 Å². The van der Waals surface area contributed by atoms with Crippen molar-refractivity contribution < 1.29 is 14.3 Å². The number of esters is 1. The zero-order valence-electron chi connectivity index (χ0n) is 9.57. The smallest absolute Gasteiger partial charge is 0.328 e. The summed E-state index contributed by atoms with van der Waals surface area (Å²) in [4.78, 5) is 27.0. The number of halogens is 1. The molecule has 1 N–H and O–H groups in total. The minimum absolute atomic E-state index is 0.292. The molecule has 1 unspecified atom stereocenters. The van der Waals surface area contributed by atoms with Crippen LogP contribution in [0.15, 0.2) is 22.9 Å².